The van der Waals surface area contributed by atoms with Crippen molar-refractivity contribution in [3.05, 3.63) is 71.3 Å². The van der Waals surface area contributed by atoms with Crippen molar-refractivity contribution in [2.75, 3.05) is 11.9 Å². The Morgan fingerprint density at radius 1 is 1.23 bits per heavy atom. The molecule has 0 unspecified atom stereocenters. The predicted octanol–water partition coefficient (Wildman–Crippen LogP) is 4.74. The van der Waals surface area contributed by atoms with Crippen molar-refractivity contribution in [2.45, 2.75) is 19.8 Å². The van der Waals surface area contributed by atoms with E-state index in [4.69, 9.17) is 28.6 Å². The van der Waals surface area contributed by atoms with E-state index in [2.05, 4.69) is 17.2 Å². The maximum Gasteiger partial charge on any atom is 0.226 e. The van der Waals surface area contributed by atoms with E-state index in [9.17, 15) is 4.79 Å². The quantitative estimate of drug-likeness (QED) is 0.531. The molecule has 6 heteroatoms. The molecule has 2 aromatic carbocycles. The van der Waals surface area contributed by atoms with Gasteiger partial charge in [0, 0.05) is 23.2 Å². The Bertz CT molecular complexity index is 808. The molecule has 2 rings (SSSR count). The Morgan fingerprint density at radius 3 is 2.73 bits per heavy atom. The van der Waals surface area contributed by atoms with Crippen LogP contribution in [0.4, 0.5) is 5.69 Å². The van der Waals surface area contributed by atoms with Crippen LogP contribution in [0, 0.1) is 0 Å². The fourth-order valence-corrected chi connectivity index (χ4v) is 2.63. The topological polar surface area (TPSA) is 50.4 Å². The van der Waals surface area contributed by atoms with Crippen molar-refractivity contribution in [2.24, 2.45) is 0 Å². The molecule has 0 bridgehead atoms. The van der Waals surface area contributed by atoms with Gasteiger partial charge in [-0.3, -0.25) is 4.79 Å². The average molecular weight is 389 g/mol. The second kappa shape index (κ2) is 9.94. The monoisotopic (exact) mass is 388 g/mol. The number of thiocarbonyl (C=S) groups is 1. The average Bonchev–Trinajstić information content (AvgIpc) is 2.59. The maximum atomic E-state index is 12.1. The number of halogens is 1. The summed E-state index contributed by atoms with van der Waals surface area (Å²) >= 11 is 11.3. The first-order valence-electron chi connectivity index (χ1n) is 8.15. The molecular formula is C20H21ClN2O2S. The minimum absolute atomic E-state index is 0.169. The van der Waals surface area contributed by atoms with E-state index < -0.39 is 0 Å². The number of hydrogen-bond acceptors (Lipinski definition) is 3. The van der Waals surface area contributed by atoms with Gasteiger partial charge in [0.15, 0.2) is 5.11 Å². The second-order valence-electron chi connectivity index (χ2n) is 5.87. The Hall–Kier alpha value is -2.37. The first-order chi connectivity index (χ1) is 12.4. The number of nitrogens with one attached hydrogen (secondary N) is 2. The van der Waals surface area contributed by atoms with E-state index in [0.29, 0.717) is 30.2 Å². The van der Waals surface area contributed by atoms with Gasteiger partial charge in [0.1, 0.15) is 12.4 Å². The highest BCUT2D eigenvalue weighted by atomic mass is 35.5. The molecular weight excluding hydrogens is 368 g/mol. The summed E-state index contributed by atoms with van der Waals surface area (Å²) in [7, 11) is 0. The summed E-state index contributed by atoms with van der Waals surface area (Å²) in [6, 6.07) is 14.8. The van der Waals surface area contributed by atoms with Crippen LogP contribution in [-0.2, 0) is 11.2 Å². The second-order valence-corrected chi connectivity index (χ2v) is 6.68. The molecule has 1 amide bonds. The summed E-state index contributed by atoms with van der Waals surface area (Å²) in [5, 5.41) is 6.55. The summed E-state index contributed by atoms with van der Waals surface area (Å²) in [5.74, 6) is 0.531. The van der Waals surface area contributed by atoms with E-state index in [1.165, 1.54) is 0 Å². The lowest BCUT2D eigenvalue weighted by Gasteiger charge is -2.11. The molecule has 0 aliphatic heterocycles. The molecule has 26 heavy (non-hydrogen) atoms. The Balaban J connectivity index is 1.82. The summed E-state index contributed by atoms with van der Waals surface area (Å²) in [6.07, 6.45) is 0.853. The lowest BCUT2D eigenvalue weighted by molar-refractivity contribution is -0.119. The minimum atomic E-state index is -0.169. The minimum Gasteiger partial charge on any atom is -0.489 e. The highest BCUT2D eigenvalue weighted by Gasteiger charge is 2.07. The molecule has 0 saturated carbocycles. The molecule has 0 aliphatic carbocycles. The van der Waals surface area contributed by atoms with Gasteiger partial charge >= 0.3 is 0 Å². The van der Waals surface area contributed by atoms with E-state index in [1.54, 1.807) is 0 Å². The number of aryl methyl sites for hydroxylation is 1. The van der Waals surface area contributed by atoms with Crippen LogP contribution < -0.4 is 15.4 Å². The van der Waals surface area contributed by atoms with Crippen LogP contribution in [0.2, 0.25) is 5.02 Å². The summed E-state index contributed by atoms with van der Waals surface area (Å²) in [6.45, 7) is 6.15. The van der Waals surface area contributed by atoms with Crippen molar-refractivity contribution in [1.29, 1.82) is 0 Å². The molecule has 136 valence electrons. The van der Waals surface area contributed by atoms with Crippen LogP contribution in [0.5, 0.6) is 5.75 Å². The van der Waals surface area contributed by atoms with Crippen molar-refractivity contribution >= 4 is 40.5 Å². The molecule has 0 heterocycles. The number of amides is 1. The molecule has 0 spiro atoms. The number of carbonyl (C=O) groups excluding carboxylic acids is 1. The van der Waals surface area contributed by atoms with Gasteiger partial charge < -0.3 is 15.4 Å². The van der Waals surface area contributed by atoms with Crippen LogP contribution in [0.25, 0.3) is 0 Å². The molecule has 0 atom stereocenters. The molecule has 0 radical (unpaired) electrons. The maximum absolute atomic E-state index is 12.1. The van der Waals surface area contributed by atoms with Crippen molar-refractivity contribution in [3.8, 4) is 5.75 Å². The number of anilines is 1. The molecule has 0 aromatic heterocycles. The van der Waals surface area contributed by atoms with Crippen LogP contribution in [0.3, 0.4) is 0 Å². The van der Waals surface area contributed by atoms with E-state index >= 15 is 0 Å². The third-order valence-electron chi connectivity index (χ3n) is 3.41. The lowest BCUT2D eigenvalue weighted by Crippen LogP contribution is -2.34. The smallest absolute Gasteiger partial charge is 0.226 e. The zero-order chi connectivity index (χ0) is 18.9. The fraction of sp³-hybridized carbons (Fsp3) is 0.200. The Kier molecular flexibility index (Phi) is 7.63. The first-order valence-corrected chi connectivity index (χ1v) is 8.94. The Morgan fingerprint density at radius 2 is 2.00 bits per heavy atom. The SMILES string of the molecule is C=C(C)COc1cccc(NC(=S)NC(=O)CCc2ccccc2Cl)c1. The lowest BCUT2D eigenvalue weighted by atomic mass is 10.1. The van der Waals surface area contributed by atoms with Crippen LogP contribution >= 0.6 is 23.8 Å². The largest absolute Gasteiger partial charge is 0.489 e. The van der Waals surface area contributed by atoms with Crippen LogP contribution in [0.1, 0.15) is 18.9 Å². The third kappa shape index (κ3) is 6.86. The molecule has 0 aliphatic rings. The highest BCUT2D eigenvalue weighted by molar-refractivity contribution is 7.80. The van der Waals surface area contributed by atoms with Gasteiger partial charge in [-0.25, -0.2) is 0 Å². The van der Waals surface area contributed by atoms with Gasteiger partial charge in [-0.05, 0) is 54.9 Å². The number of hydrogen-bond donors (Lipinski definition) is 2. The number of rotatable bonds is 7. The number of benzene rings is 2. The van der Waals surface area contributed by atoms with Crippen molar-refractivity contribution in [1.82, 2.24) is 5.32 Å². The zero-order valence-corrected chi connectivity index (χ0v) is 16.1. The molecule has 0 saturated heterocycles. The fourth-order valence-electron chi connectivity index (χ4n) is 2.17. The molecule has 2 aromatic rings. The van der Waals surface area contributed by atoms with Gasteiger partial charge in [0.05, 0.1) is 0 Å². The summed E-state index contributed by atoms with van der Waals surface area (Å²) in [4.78, 5) is 12.1. The number of ether oxygens (including phenoxy) is 1. The third-order valence-corrected chi connectivity index (χ3v) is 3.98. The van der Waals surface area contributed by atoms with Gasteiger partial charge in [-0.2, -0.15) is 0 Å². The van der Waals surface area contributed by atoms with Gasteiger partial charge in [0.25, 0.3) is 0 Å². The van der Waals surface area contributed by atoms with E-state index in [-0.39, 0.29) is 11.0 Å². The Labute approximate surface area is 164 Å². The standard InChI is InChI=1S/C20H21ClN2O2S/c1-14(2)13-25-17-8-5-7-16(12-17)22-20(26)23-19(24)11-10-15-6-3-4-9-18(15)21/h3-9,12H,1,10-11,13H2,2H3,(H2,22,23,24,26). The zero-order valence-electron chi connectivity index (χ0n) is 14.5. The van der Waals surface area contributed by atoms with Gasteiger partial charge in [-0.15, -0.1) is 0 Å². The highest BCUT2D eigenvalue weighted by Crippen LogP contribution is 2.18. The van der Waals surface area contributed by atoms with Crippen LogP contribution in [0.15, 0.2) is 60.7 Å². The first kappa shape index (κ1) is 19.9. The van der Waals surface area contributed by atoms with E-state index in [0.717, 1.165) is 16.8 Å². The van der Waals surface area contributed by atoms with Gasteiger partial charge in [-0.1, -0.05) is 42.4 Å². The summed E-state index contributed by atoms with van der Waals surface area (Å²) < 4.78 is 5.59. The van der Waals surface area contributed by atoms with E-state index in [1.807, 2.05) is 55.5 Å². The summed E-state index contributed by atoms with van der Waals surface area (Å²) in [5.41, 5.74) is 2.61. The van der Waals surface area contributed by atoms with Crippen LogP contribution in [-0.4, -0.2) is 17.6 Å². The van der Waals surface area contributed by atoms with Gasteiger partial charge in [0.2, 0.25) is 5.91 Å². The molecule has 4 nitrogen and oxygen atoms in total. The number of carbonyl (C=O) groups is 1. The predicted molar refractivity (Wildman–Crippen MR) is 111 cm³/mol. The van der Waals surface area contributed by atoms with Crippen molar-refractivity contribution < 1.29 is 9.53 Å². The van der Waals surface area contributed by atoms with Crippen molar-refractivity contribution in [3.63, 3.8) is 0 Å². The molecule has 0 fully saturated rings. The molecule has 2 N–H and O–H groups in total. The normalized spacial score (nSPS) is 10.1.